The number of hydrogen-bond acceptors (Lipinski definition) is 2. The van der Waals surface area contributed by atoms with Crippen LogP contribution in [0.5, 0.6) is 0 Å². The predicted octanol–water partition coefficient (Wildman–Crippen LogP) is 4.37. The van der Waals surface area contributed by atoms with Crippen LogP contribution in [0.15, 0.2) is 54.7 Å². The molecule has 2 aromatic carbocycles. The molecule has 0 saturated carbocycles. The maximum atomic E-state index is 4.28. The highest BCUT2D eigenvalue weighted by Crippen LogP contribution is 2.20. The van der Waals surface area contributed by atoms with Gasteiger partial charge in [0.15, 0.2) is 0 Å². The van der Waals surface area contributed by atoms with Crippen LogP contribution in [0.1, 0.15) is 30.9 Å². The molecule has 1 aromatic heterocycles. The van der Waals surface area contributed by atoms with Crippen molar-refractivity contribution in [3.63, 3.8) is 0 Å². The first-order valence-corrected chi connectivity index (χ1v) is 7.23. The first kappa shape index (κ1) is 13.6. The van der Waals surface area contributed by atoms with E-state index in [-0.39, 0.29) is 0 Å². The quantitative estimate of drug-likeness (QED) is 0.712. The summed E-state index contributed by atoms with van der Waals surface area (Å²) in [6, 6.07) is 16.8. The molecule has 0 atom stereocenters. The van der Waals surface area contributed by atoms with Crippen molar-refractivity contribution in [2.45, 2.75) is 26.7 Å². The lowest BCUT2D eigenvalue weighted by atomic mass is 10.0. The Labute approximate surface area is 125 Å². The lowest BCUT2D eigenvalue weighted by Crippen LogP contribution is -1.96. The van der Waals surface area contributed by atoms with Crippen LogP contribution in [0.3, 0.4) is 0 Å². The highest BCUT2D eigenvalue weighted by Gasteiger charge is 2.06. The molecular formula is C18H19N3. The molecule has 3 aromatic rings. The van der Waals surface area contributed by atoms with Crippen molar-refractivity contribution in [2.24, 2.45) is 0 Å². The topological polar surface area (TPSA) is 30.7 Å². The van der Waals surface area contributed by atoms with E-state index in [1.807, 2.05) is 10.9 Å². The Kier molecular flexibility index (Phi) is 3.57. The molecule has 0 spiro atoms. The van der Waals surface area contributed by atoms with Gasteiger partial charge in [-0.05, 0) is 30.5 Å². The Bertz CT molecular complexity index is 739. The van der Waals surface area contributed by atoms with Crippen LogP contribution in [0.4, 0.5) is 0 Å². The smallest absolute Gasteiger partial charge is 0.113 e. The van der Waals surface area contributed by atoms with E-state index < -0.39 is 0 Å². The Balaban J connectivity index is 1.94. The second-order valence-electron chi connectivity index (χ2n) is 5.66. The van der Waals surface area contributed by atoms with Crippen molar-refractivity contribution in [3.05, 3.63) is 65.9 Å². The number of nitrogens with zero attached hydrogens (tertiary/aromatic N) is 3. The molecule has 0 aliphatic heterocycles. The van der Waals surface area contributed by atoms with Crippen molar-refractivity contribution in [1.82, 2.24) is 15.0 Å². The molecule has 0 unspecified atom stereocenters. The van der Waals surface area contributed by atoms with Crippen LogP contribution in [-0.2, 0) is 0 Å². The van der Waals surface area contributed by atoms with E-state index in [1.165, 1.54) is 11.1 Å². The number of hydrogen-bond donors (Lipinski definition) is 0. The maximum absolute atomic E-state index is 4.28. The van der Waals surface area contributed by atoms with Crippen LogP contribution < -0.4 is 0 Å². The summed E-state index contributed by atoms with van der Waals surface area (Å²) in [4.78, 5) is 0. The highest BCUT2D eigenvalue weighted by molar-refractivity contribution is 5.58. The molecular weight excluding hydrogens is 258 g/mol. The van der Waals surface area contributed by atoms with Crippen LogP contribution >= 0.6 is 0 Å². The molecule has 0 amide bonds. The van der Waals surface area contributed by atoms with Crippen LogP contribution in [0.25, 0.3) is 16.9 Å². The standard InChI is InChI=1S/C18H19N3/c1-13(2)16-5-4-6-17(11-16)21-12-18(19-20-21)15-9-7-14(3)8-10-15/h4-13H,1-3H3. The Morgan fingerprint density at radius 2 is 1.76 bits per heavy atom. The Hall–Kier alpha value is -2.42. The summed E-state index contributed by atoms with van der Waals surface area (Å²) in [5, 5.41) is 8.53. The molecule has 1 heterocycles. The van der Waals surface area contributed by atoms with Gasteiger partial charge < -0.3 is 0 Å². The third-order valence-electron chi connectivity index (χ3n) is 3.64. The molecule has 0 aliphatic rings. The minimum atomic E-state index is 0.505. The summed E-state index contributed by atoms with van der Waals surface area (Å²) in [6.45, 7) is 6.47. The van der Waals surface area contributed by atoms with E-state index in [1.54, 1.807) is 0 Å². The third kappa shape index (κ3) is 2.87. The lowest BCUT2D eigenvalue weighted by molar-refractivity contribution is 0.796. The first-order valence-electron chi connectivity index (χ1n) is 7.23. The summed E-state index contributed by atoms with van der Waals surface area (Å²) in [6.07, 6.45) is 1.98. The van der Waals surface area contributed by atoms with Crippen molar-refractivity contribution in [1.29, 1.82) is 0 Å². The first-order chi connectivity index (χ1) is 10.1. The van der Waals surface area contributed by atoms with Crippen molar-refractivity contribution in [3.8, 4) is 16.9 Å². The molecule has 3 rings (SSSR count). The fraction of sp³-hybridized carbons (Fsp3) is 0.222. The van der Waals surface area contributed by atoms with Gasteiger partial charge in [-0.15, -0.1) is 5.10 Å². The predicted molar refractivity (Wildman–Crippen MR) is 85.6 cm³/mol. The van der Waals surface area contributed by atoms with E-state index in [4.69, 9.17) is 0 Å². The normalized spacial score (nSPS) is 11.0. The van der Waals surface area contributed by atoms with Gasteiger partial charge in [-0.1, -0.05) is 61.0 Å². The summed E-state index contributed by atoms with van der Waals surface area (Å²) < 4.78 is 1.83. The number of benzene rings is 2. The minimum Gasteiger partial charge on any atom is -0.220 e. The van der Waals surface area contributed by atoms with Gasteiger partial charge in [0, 0.05) is 5.56 Å². The minimum absolute atomic E-state index is 0.505. The monoisotopic (exact) mass is 277 g/mol. The lowest BCUT2D eigenvalue weighted by Gasteiger charge is -2.07. The van der Waals surface area contributed by atoms with Gasteiger partial charge in [-0.25, -0.2) is 4.68 Å². The van der Waals surface area contributed by atoms with E-state index in [0.717, 1.165) is 16.9 Å². The number of rotatable bonds is 3. The SMILES string of the molecule is Cc1ccc(-c2cn(-c3cccc(C(C)C)c3)nn2)cc1. The molecule has 0 aliphatic carbocycles. The molecule has 0 bridgehead atoms. The largest absolute Gasteiger partial charge is 0.220 e. The average Bonchev–Trinajstić information content (AvgIpc) is 2.98. The van der Waals surface area contributed by atoms with Crippen molar-refractivity contribution < 1.29 is 0 Å². The summed E-state index contributed by atoms with van der Waals surface area (Å²) in [5.41, 5.74) is 5.58. The van der Waals surface area contributed by atoms with Crippen molar-refractivity contribution in [2.75, 3.05) is 0 Å². The Morgan fingerprint density at radius 1 is 1.00 bits per heavy atom. The molecule has 3 heteroatoms. The van der Waals surface area contributed by atoms with Crippen LogP contribution in [0, 0.1) is 6.92 Å². The van der Waals surface area contributed by atoms with E-state index in [9.17, 15) is 0 Å². The second-order valence-corrected chi connectivity index (χ2v) is 5.66. The zero-order valence-corrected chi connectivity index (χ0v) is 12.6. The highest BCUT2D eigenvalue weighted by atomic mass is 15.4. The molecule has 0 fully saturated rings. The molecule has 0 radical (unpaired) electrons. The average molecular weight is 277 g/mol. The van der Waals surface area contributed by atoms with Gasteiger partial charge in [0.25, 0.3) is 0 Å². The van der Waals surface area contributed by atoms with Gasteiger partial charge in [0.05, 0.1) is 11.9 Å². The van der Waals surface area contributed by atoms with Gasteiger partial charge in [0.1, 0.15) is 5.69 Å². The Morgan fingerprint density at radius 3 is 2.48 bits per heavy atom. The maximum Gasteiger partial charge on any atom is 0.113 e. The van der Waals surface area contributed by atoms with E-state index in [0.29, 0.717) is 5.92 Å². The molecule has 0 saturated heterocycles. The summed E-state index contributed by atoms with van der Waals surface area (Å²) in [7, 11) is 0. The van der Waals surface area contributed by atoms with Gasteiger partial charge >= 0.3 is 0 Å². The van der Waals surface area contributed by atoms with Gasteiger partial charge in [-0.2, -0.15) is 0 Å². The van der Waals surface area contributed by atoms with Crippen LogP contribution in [0.2, 0.25) is 0 Å². The summed E-state index contributed by atoms with van der Waals surface area (Å²) in [5.74, 6) is 0.505. The van der Waals surface area contributed by atoms with Crippen molar-refractivity contribution >= 4 is 0 Å². The number of aryl methyl sites for hydroxylation is 1. The fourth-order valence-electron chi connectivity index (χ4n) is 2.27. The zero-order chi connectivity index (χ0) is 14.8. The zero-order valence-electron chi connectivity index (χ0n) is 12.6. The molecule has 3 nitrogen and oxygen atoms in total. The third-order valence-corrected chi connectivity index (χ3v) is 3.64. The fourth-order valence-corrected chi connectivity index (χ4v) is 2.27. The van der Waals surface area contributed by atoms with Crippen LogP contribution in [-0.4, -0.2) is 15.0 Å². The molecule has 0 N–H and O–H groups in total. The molecule has 106 valence electrons. The van der Waals surface area contributed by atoms with Gasteiger partial charge in [0.2, 0.25) is 0 Å². The number of aromatic nitrogens is 3. The summed E-state index contributed by atoms with van der Waals surface area (Å²) >= 11 is 0. The second kappa shape index (κ2) is 5.52. The van der Waals surface area contributed by atoms with Gasteiger partial charge in [-0.3, -0.25) is 0 Å². The molecule has 21 heavy (non-hydrogen) atoms. The van der Waals surface area contributed by atoms with E-state index >= 15 is 0 Å². The van der Waals surface area contributed by atoms with E-state index in [2.05, 4.69) is 79.6 Å².